The van der Waals surface area contributed by atoms with Crippen LogP contribution in [0.3, 0.4) is 0 Å². The van der Waals surface area contributed by atoms with Crippen molar-refractivity contribution in [1.29, 1.82) is 0 Å². The Kier molecular flexibility index (Phi) is 6.40. The third-order valence-electron chi connectivity index (χ3n) is 4.53. The van der Waals surface area contributed by atoms with Gasteiger partial charge in [-0.15, -0.1) is 12.4 Å². The van der Waals surface area contributed by atoms with Crippen molar-refractivity contribution in [3.8, 4) is 0 Å². The third kappa shape index (κ3) is 4.58. The van der Waals surface area contributed by atoms with Crippen LogP contribution in [0.15, 0.2) is 42.7 Å². The number of benzene rings is 1. The molecule has 1 aliphatic carbocycles. The number of carbonyl (C=O) groups is 1. The normalized spacial score (nSPS) is 16.2. The van der Waals surface area contributed by atoms with Crippen molar-refractivity contribution in [3.63, 3.8) is 0 Å². The molecule has 3 N–H and O–H groups in total. The average Bonchev–Trinajstić information content (AvgIpc) is 3.01. The van der Waals surface area contributed by atoms with E-state index in [9.17, 15) is 4.79 Å². The van der Waals surface area contributed by atoms with Crippen LogP contribution in [-0.4, -0.2) is 21.2 Å². The largest absolute Gasteiger partial charge is 0.350 e. The van der Waals surface area contributed by atoms with E-state index in [-0.39, 0.29) is 18.3 Å². The van der Waals surface area contributed by atoms with Crippen LogP contribution in [-0.2, 0) is 17.9 Å². The molecule has 1 saturated carbocycles. The van der Waals surface area contributed by atoms with E-state index in [2.05, 4.69) is 22.5 Å². The lowest BCUT2D eigenvalue weighted by atomic mass is 9.82. The molecule has 0 bridgehead atoms. The standard InChI is InChI=1S/C18H24N4O.ClH/c19-18(9-5-2-6-10-18)17(23)20-11-16-12-21-22(14-16)13-15-7-3-1-4-8-15;/h1,3-4,7-8,12,14H,2,5-6,9-11,13,19H2,(H,20,23);1H. The summed E-state index contributed by atoms with van der Waals surface area (Å²) in [6, 6.07) is 10.2. The molecule has 0 atom stereocenters. The second kappa shape index (κ2) is 8.31. The summed E-state index contributed by atoms with van der Waals surface area (Å²) in [4.78, 5) is 12.3. The van der Waals surface area contributed by atoms with E-state index in [4.69, 9.17) is 5.73 Å². The highest BCUT2D eigenvalue weighted by molar-refractivity contribution is 5.86. The highest BCUT2D eigenvalue weighted by atomic mass is 35.5. The first-order valence-corrected chi connectivity index (χ1v) is 8.28. The number of halogens is 1. The molecule has 6 heteroatoms. The zero-order valence-electron chi connectivity index (χ0n) is 13.8. The summed E-state index contributed by atoms with van der Waals surface area (Å²) in [6.07, 6.45) is 8.60. The predicted octanol–water partition coefficient (Wildman–Crippen LogP) is 2.63. The Morgan fingerprint density at radius 3 is 2.58 bits per heavy atom. The minimum Gasteiger partial charge on any atom is -0.350 e. The lowest BCUT2D eigenvalue weighted by Crippen LogP contribution is -2.54. The van der Waals surface area contributed by atoms with E-state index in [1.165, 1.54) is 12.0 Å². The Morgan fingerprint density at radius 1 is 1.17 bits per heavy atom. The van der Waals surface area contributed by atoms with Gasteiger partial charge in [0, 0.05) is 18.3 Å². The summed E-state index contributed by atoms with van der Waals surface area (Å²) < 4.78 is 1.88. The first kappa shape index (κ1) is 18.5. The molecule has 1 amide bonds. The Labute approximate surface area is 149 Å². The molecule has 1 aromatic carbocycles. The van der Waals surface area contributed by atoms with Crippen molar-refractivity contribution < 1.29 is 4.79 Å². The van der Waals surface area contributed by atoms with Crippen LogP contribution in [0.4, 0.5) is 0 Å². The molecule has 1 fully saturated rings. The average molecular weight is 349 g/mol. The molecule has 24 heavy (non-hydrogen) atoms. The van der Waals surface area contributed by atoms with Crippen molar-refractivity contribution in [2.45, 2.75) is 50.7 Å². The van der Waals surface area contributed by atoms with Gasteiger partial charge in [0.25, 0.3) is 0 Å². The SMILES string of the molecule is Cl.NC1(C(=O)NCc2cnn(Cc3ccccc3)c2)CCCCC1. The van der Waals surface area contributed by atoms with Gasteiger partial charge in [0.2, 0.25) is 5.91 Å². The zero-order valence-corrected chi connectivity index (χ0v) is 14.6. The van der Waals surface area contributed by atoms with Crippen LogP contribution >= 0.6 is 12.4 Å². The van der Waals surface area contributed by atoms with Gasteiger partial charge in [-0.3, -0.25) is 9.48 Å². The maximum Gasteiger partial charge on any atom is 0.240 e. The number of nitrogens with one attached hydrogen (secondary N) is 1. The van der Waals surface area contributed by atoms with Gasteiger partial charge in [-0.1, -0.05) is 49.6 Å². The maximum absolute atomic E-state index is 12.3. The molecular formula is C18H25ClN4O. The summed E-state index contributed by atoms with van der Waals surface area (Å²) in [5.41, 5.74) is 7.76. The van der Waals surface area contributed by atoms with E-state index in [0.29, 0.717) is 6.54 Å². The van der Waals surface area contributed by atoms with Gasteiger partial charge in [-0.2, -0.15) is 5.10 Å². The highest BCUT2D eigenvalue weighted by Gasteiger charge is 2.34. The summed E-state index contributed by atoms with van der Waals surface area (Å²) in [5.74, 6) is -0.0343. The molecule has 0 radical (unpaired) electrons. The minimum absolute atomic E-state index is 0. The van der Waals surface area contributed by atoms with E-state index in [1.807, 2.05) is 29.1 Å². The summed E-state index contributed by atoms with van der Waals surface area (Å²) in [6.45, 7) is 1.21. The third-order valence-corrected chi connectivity index (χ3v) is 4.53. The van der Waals surface area contributed by atoms with Crippen LogP contribution in [0, 0.1) is 0 Å². The topological polar surface area (TPSA) is 72.9 Å². The molecule has 0 saturated heterocycles. The second-order valence-electron chi connectivity index (χ2n) is 6.43. The number of amides is 1. The summed E-state index contributed by atoms with van der Waals surface area (Å²) in [5, 5.41) is 7.32. The highest BCUT2D eigenvalue weighted by Crippen LogP contribution is 2.26. The van der Waals surface area contributed by atoms with Crippen LogP contribution in [0.2, 0.25) is 0 Å². The number of aromatic nitrogens is 2. The zero-order chi connectivity index (χ0) is 16.1. The summed E-state index contributed by atoms with van der Waals surface area (Å²) >= 11 is 0. The van der Waals surface area contributed by atoms with Gasteiger partial charge in [0.05, 0.1) is 18.3 Å². The van der Waals surface area contributed by atoms with E-state index >= 15 is 0 Å². The van der Waals surface area contributed by atoms with Gasteiger partial charge in [-0.25, -0.2) is 0 Å². The minimum atomic E-state index is -0.682. The van der Waals surface area contributed by atoms with E-state index in [1.54, 1.807) is 6.20 Å². The van der Waals surface area contributed by atoms with Gasteiger partial charge in [0.1, 0.15) is 0 Å². The van der Waals surface area contributed by atoms with Gasteiger partial charge in [-0.05, 0) is 18.4 Å². The molecule has 0 spiro atoms. The quantitative estimate of drug-likeness (QED) is 0.872. The van der Waals surface area contributed by atoms with Crippen LogP contribution in [0.5, 0.6) is 0 Å². The second-order valence-corrected chi connectivity index (χ2v) is 6.43. The van der Waals surface area contributed by atoms with Crippen molar-refractivity contribution in [2.24, 2.45) is 5.73 Å². The van der Waals surface area contributed by atoms with Crippen molar-refractivity contribution >= 4 is 18.3 Å². The van der Waals surface area contributed by atoms with E-state index in [0.717, 1.165) is 37.8 Å². The number of nitrogens with two attached hydrogens (primary N) is 1. The summed E-state index contributed by atoms with van der Waals surface area (Å²) in [7, 11) is 0. The maximum atomic E-state index is 12.3. The van der Waals surface area contributed by atoms with Crippen molar-refractivity contribution in [2.75, 3.05) is 0 Å². The number of rotatable bonds is 5. The smallest absolute Gasteiger partial charge is 0.240 e. The molecule has 0 unspecified atom stereocenters. The number of nitrogens with zero attached hydrogens (tertiary/aromatic N) is 2. The first-order valence-electron chi connectivity index (χ1n) is 8.28. The molecule has 130 valence electrons. The fraction of sp³-hybridized carbons (Fsp3) is 0.444. The Morgan fingerprint density at radius 2 is 1.88 bits per heavy atom. The monoisotopic (exact) mass is 348 g/mol. The van der Waals surface area contributed by atoms with Crippen molar-refractivity contribution in [3.05, 3.63) is 53.9 Å². The number of carbonyl (C=O) groups excluding carboxylic acids is 1. The molecule has 1 aromatic heterocycles. The molecule has 5 nitrogen and oxygen atoms in total. The molecule has 1 aliphatic rings. The molecule has 0 aliphatic heterocycles. The van der Waals surface area contributed by atoms with Gasteiger partial charge in [0.15, 0.2) is 0 Å². The lowest BCUT2D eigenvalue weighted by Gasteiger charge is -2.31. The molecular weight excluding hydrogens is 324 g/mol. The van der Waals surface area contributed by atoms with E-state index < -0.39 is 5.54 Å². The van der Waals surface area contributed by atoms with Crippen LogP contribution in [0.1, 0.15) is 43.2 Å². The lowest BCUT2D eigenvalue weighted by molar-refractivity contribution is -0.127. The Bertz CT molecular complexity index is 650. The Balaban J connectivity index is 0.00000208. The molecule has 2 aromatic rings. The fourth-order valence-electron chi connectivity index (χ4n) is 3.12. The van der Waals surface area contributed by atoms with Gasteiger partial charge < -0.3 is 11.1 Å². The van der Waals surface area contributed by atoms with Crippen molar-refractivity contribution in [1.82, 2.24) is 15.1 Å². The number of hydrogen-bond donors (Lipinski definition) is 2. The predicted molar refractivity (Wildman–Crippen MR) is 96.9 cm³/mol. The Hall–Kier alpha value is -1.85. The van der Waals surface area contributed by atoms with Crippen LogP contribution in [0.25, 0.3) is 0 Å². The van der Waals surface area contributed by atoms with Crippen LogP contribution < -0.4 is 11.1 Å². The first-order chi connectivity index (χ1) is 11.2. The fourth-order valence-corrected chi connectivity index (χ4v) is 3.12. The molecule has 3 rings (SSSR count). The van der Waals surface area contributed by atoms with Gasteiger partial charge >= 0.3 is 0 Å². The number of hydrogen-bond acceptors (Lipinski definition) is 3. The molecule has 1 heterocycles.